The van der Waals surface area contributed by atoms with Crippen LogP contribution in [0.3, 0.4) is 0 Å². The van der Waals surface area contributed by atoms with Gasteiger partial charge in [0.1, 0.15) is 0 Å². The maximum atomic E-state index is 5.90. The van der Waals surface area contributed by atoms with Gasteiger partial charge >= 0.3 is 0 Å². The first-order chi connectivity index (χ1) is 6.31. The second-order valence-electron chi connectivity index (χ2n) is 4.63. The predicted molar refractivity (Wildman–Crippen MR) is 63.4 cm³/mol. The predicted octanol–water partition coefficient (Wildman–Crippen LogP) is 2.37. The van der Waals surface area contributed by atoms with Gasteiger partial charge in [-0.1, -0.05) is 6.07 Å². The highest BCUT2D eigenvalue weighted by Crippen LogP contribution is 2.29. The lowest BCUT2D eigenvalue weighted by Gasteiger charge is -2.24. The zero-order valence-corrected chi connectivity index (χ0v) is 9.31. The van der Waals surface area contributed by atoms with Gasteiger partial charge in [0.15, 0.2) is 0 Å². The molecular weight excluding hydrogens is 174 g/mol. The maximum Gasteiger partial charge on any atom is 0.0786 e. The molecule has 0 bridgehead atoms. The molecule has 0 fully saturated rings. The average Bonchev–Trinajstić information content (AvgIpc) is 2.04. The fourth-order valence-corrected chi connectivity index (χ4v) is 1.26. The number of anilines is 3. The molecule has 1 rings (SSSR count). The fraction of sp³-hybridized carbons (Fsp3) is 0.455. The lowest BCUT2D eigenvalue weighted by Crippen LogP contribution is -2.26. The van der Waals surface area contributed by atoms with Crippen molar-refractivity contribution in [2.45, 2.75) is 33.2 Å². The van der Waals surface area contributed by atoms with Gasteiger partial charge in [0.2, 0.25) is 0 Å². The van der Waals surface area contributed by atoms with E-state index in [1.54, 1.807) is 0 Å². The minimum absolute atomic E-state index is 0.00415. The Bertz CT molecular complexity index is 337. The van der Waals surface area contributed by atoms with Gasteiger partial charge in [-0.3, -0.25) is 0 Å². The molecule has 0 aliphatic carbocycles. The Labute approximate surface area is 85.5 Å². The molecule has 3 nitrogen and oxygen atoms in total. The highest BCUT2D eigenvalue weighted by molar-refractivity contribution is 5.81. The zero-order valence-electron chi connectivity index (χ0n) is 9.31. The van der Waals surface area contributed by atoms with E-state index in [2.05, 4.69) is 26.1 Å². The van der Waals surface area contributed by atoms with Crippen molar-refractivity contribution >= 4 is 17.1 Å². The van der Waals surface area contributed by atoms with Crippen LogP contribution in [0.2, 0.25) is 0 Å². The molecule has 1 aromatic rings. The minimum Gasteiger partial charge on any atom is -0.397 e. The number of nitrogens with two attached hydrogens (primary N) is 2. The number of hydrogen-bond donors (Lipinski definition) is 3. The van der Waals surface area contributed by atoms with E-state index >= 15 is 0 Å². The van der Waals surface area contributed by atoms with Crippen LogP contribution in [0.5, 0.6) is 0 Å². The summed E-state index contributed by atoms with van der Waals surface area (Å²) in [7, 11) is 0. The van der Waals surface area contributed by atoms with E-state index in [1.807, 2.05) is 19.1 Å². The summed E-state index contributed by atoms with van der Waals surface area (Å²) in [4.78, 5) is 0. The molecular formula is C11H19N3. The van der Waals surface area contributed by atoms with Gasteiger partial charge in [-0.25, -0.2) is 0 Å². The zero-order chi connectivity index (χ0) is 10.9. The molecule has 0 saturated heterocycles. The van der Waals surface area contributed by atoms with Crippen LogP contribution in [-0.2, 0) is 0 Å². The monoisotopic (exact) mass is 193 g/mol. The summed E-state index contributed by atoms with van der Waals surface area (Å²) in [6, 6.07) is 3.94. The number of nitrogen functional groups attached to an aromatic ring is 2. The standard InChI is InChI=1S/C11H19N3/c1-7-5-6-8(10(13)9(7)12)14-11(2,3)4/h5-6,14H,12-13H2,1-4H3. The highest BCUT2D eigenvalue weighted by atomic mass is 15.0. The maximum absolute atomic E-state index is 5.90. The van der Waals surface area contributed by atoms with Crippen molar-refractivity contribution in [3.8, 4) is 0 Å². The topological polar surface area (TPSA) is 64.1 Å². The van der Waals surface area contributed by atoms with E-state index < -0.39 is 0 Å². The highest BCUT2D eigenvalue weighted by Gasteiger charge is 2.12. The van der Waals surface area contributed by atoms with Crippen molar-refractivity contribution in [2.24, 2.45) is 0 Å². The summed E-state index contributed by atoms with van der Waals surface area (Å²) in [5.74, 6) is 0. The molecule has 0 amide bonds. The van der Waals surface area contributed by atoms with Crippen LogP contribution < -0.4 is 16.8 Å². The van der Waals surface area contributed by atoms with Gasteiger partial charge in [0.05, 0.1) is 17.1 Å². The van der Waals surface area contributed by atoms with E-state index in [0.29, 0.717) is 11.4 Å². The largest absolute Gasteiger partial charge is 0.397 e. The number of hydrogen-bond acceptors (Lipinski definition) is 3. The first-order valence-electron chi connectivity index (χ1n) is 4.74. The van der Waals surface area contributed by atoms with Crippen molar-refractivity contribution in [3.63, 3.8) is 0 Å². The molecule has 14 heavy (non-hydrogen) atoms. The van der Waals surface area contributed by atoms with Gasteiger partial charge in [0.25, 0.3) is 0 Å². The van der Waals surface area contributed by atoms with Crippen molar-refractivity contribution in [1.82, 2.24) is 0 Å². The molecule has 0 atom stereocenters. The summed E-state index contributed by atoms with van der Waals surface area (Å²) in [5.41, 5.74) is 15.0. The average molecular weight is 193 g/mol. The van der Waals surface area contributed by atoms with Gasteiger partial charge < -0.3 is 16.8 Å². The normalized spacial score (nSPS) is 11.4. The van der Waals surface area contributed by atoms with Crippen molar-refractivity contribution in [2.75, 3.05) is 16.8 Å². The van der Waals surface area contributed by atoms with E-state index in [9.17, 15) is 0 Å². The number of benzene rings is 1. The van der Waals surface area contributed by atoms with E-state index in [-0.39, 0.29) is 5.54 Å². The SMILES string of the molecule is Cc1ccc(NC(C)(C)C)c(N)c1N. The Morgan fingerprint density at radius 2 is 1.64 bits per heavy atom. The van der Waals surface area contributed by atoms with Crippen LogP contribution in [0, 0.1) is 6.92 Å². The van der Waals surface area contributed by atoms with E-state index in [0.717, 1.165) is 11.3 Å². The molecule has 0 unspecified atom stereocenters. The number of rotatable bonds is 1. The third-order valence-electron chi connectivity index (χ3n) is 2.01. The fourth-order valence-electron chi connectivity index (χ4n) is 1.26. The third kappa shape index (κ3) is 2.31. The van der Waals surface area contributed by atoms with Crippen LogP contribution in [0.15, 0.2) is 12.1 Å². The van der Waals surface area contributed by atoms with Crippen LogP contribution >= 0.6 is 0 Å². The van der Waals surface area contributed by atoms with Crippen LogP contribution in [0.25, 0.3) is 0 Å². The van der Waals surface area contributed by atoms with Gasteiger partial charge in [-0.05, 0) is 39.3 Å². The van der Waals surface area contributed by atoms with Gasteiger partial charge in [-0.15, -0.1) is 0 Å². The van der Waals surface area contributed by atoms with Crippen LogP contribution in [0.1, 0.15) is 26.3 Å². The molecule has 1 aromatic carbocycles. The first kappa shape index (κ1) is 10.7. The lowest BCUT2D eigenvalue weighted by atomic mass is 10.1. The first-order valence-corrected chi connectivity index (χ1v) is 4.74. The summed E-state index contributed by atoms with van der Waals surface area (Å²) in [6.45, 7) is 8.21. The second kappa shape index (κ2) is 3.40. The smallest absolute Gasteiger partial charge is 0.0786 e. The van der Waals surface area contributed by atoms with Crippen molar-refractivity contribution < 1.29 is 0 Å². The number of aryl methyl sites for hydroxylation is 1. The molecule has 0 radical (unpaired) electrons. The summed E-state index contributed by atoms with van der Waals surface area (Å²) in [5, 5.41) is 3.31. The lowest BCUT2D eigenvalue weighted by molar-refractivity contribution is 0.634. The molecule has 0 spiro atoms. The Morgan fingerprint density at radius 3 is 2.14 bits per heavy atom. The third-order valence-corrected chi connectivity index (χ3v) is 2.01. The molecule has 0 aliphatic rings. The Kier molecular flexibility index (Phi) is 2.60. The Balaban J connectivity index is 3.06. The molecule has 0 aliphatic heterocycles. The van der Waals surface area contributed by atoms with Crippen molar-refractivity contribution in [3.05, 3.63) is 17.7 Å². The van der Waals surface area contributed by atoms with E-state index in [1.165, 1.54) is 0 Å². The van der Waals surface area contributed by atoms with E-state index in [4.69, 9.17) is 11.5 Å². The van der Waals surface area contributed by atoms with Crippen LogP contribution in [-0.4, -0.2) is 5.54 Å². The molecule has 5 N–H and O–H groups in total. The molecule has 0 saturated carbocycles. The Morgan fingerprint density at radius 1 is 1.07 bits per heavy atom. The van der Waals surface area contributed by atoms with Crippen LogP contribution in [0.4, 0.5) is 17.1 Å². The second-order valence-corrected chi connectivity index (χ2v) is 4.63. The molecule has 0 heterocycles. The summed E-state index contributed by atoms with van der Waals surface area (Å²) in [6.07, 6.45) is 0. The summed E-state index contributed by atoms with van der Waals surface area (Å²) >= 11 is 0. The summed E-state index contributed by atoms with van der Waals surface area (Å²) < 4.78 is 0. The quantitative estimate of drug-likeness (QED) is 0.600. The molecule has 78 valence electrons. The molecule has 0 aromatic heterocycles. The van der Waals surface area contributed by atoms with Gasteiger partial charge in [0, 0.05) is 5.54 Å². The molecule has 3 heteroatoms. The number of nitrogens with one attached hydrogen (secondary N) is 1. The Hall–Kier alpha value is -1.38. The van der Waals surface area contributed by atoms with Gasteiger partial charge in [-0.2, -0.15) is 0 Å². The minimum atomic E-state index is -0.00415. The van der Waals surface area contributed by atoms with Crippen molar-refractivity contribution in [1.29, 1.82) is 0 Å².